The van der Waals surface area contributed by atoms with Gasteiger partial charge < -0.3 is 15.2 Å². The molecule has 106 valence electrons. The monoisotopic (exact) mass is 281 g/mol. The van der Waals surface area contributed by atoms with Crippen LogP contribution in [0.3, 0.4) is 0 Å². The number of aromatic hydroxyl groups is 1. The van der Waals surface area contributed by atoms with Crippen LogP contribution in [-0.4, -0.2) is 30.4 Å². The molecule has 0 heterocycles. The van der Waals surface area contributed by atoms with Crippen molar-refractivity contribution in [2.24, 2.45) is 0 Å². The van der Waals surface area contributed by atoms with Gasteiger partial charge in [0.05, 0.1) is 18.7 Å². The van der Waals surface area contributed by atoms with E-state index in [0.717, 1.165) is 12.1 Å². The van der Waals surface area contributed by atoms with Crippen molar-refractivity contribution in [3.63, 3.8) is 0 Å². The van der Waals surface area contributed by atoms with Crippen LogP contribution in [-0.2, 0) is 9.53 Å². The Morgan fingerprint density at radius 2 is 2.05 bits per heavy atom. The number of hydrogen-bond donors (Lipinski definition) is 2. The second-order valence-electron chi connectivity index (χ2n) is 3.63. The van der Waals surface area contributed by atoms with E-state index < -0.39 is 31.1 Å². The third kappa shape index (κ3) is 6.05. The molecule has 0 aromatic heterocycles. The topological polar surface area (TPSA) is 58.6 Å². The maximum absolute atomic E-state index is 13.2. The zero-order valence-electron chi connectivity index (χ0n) is 9.63. The fraction of sp³-hybridized carbons (Fsp3) is 0.364. The van der Waals surface area contributed by atoms with E-state index in [9.17, 15) is 22.4 Å². The number of ether oxygens (including phenoxy) is 1. The molecule has 0 radical (unpaired) electrons. The zero-order valence-corrected chi connectivity index (χ0v) is 9.63. The molecule has 0 fully saturated rings. The number of amides is 1. The van der Waals surface area contributed by atoms with Gasteiger partial charge in [-0.05, 0) is 12.1 Å². The van der Waals surface area contributed by atoms with Gasteiger partial charge in [0.25, 0.3) is 0 Å². The number of halogens is 4. The lowest BCUT2D eigenvalue weighted by Gasteiger charge is -2.08. The van der Waals surface area contributed by atoms with Gasteiger partial charge in [-0.1, -0.05) is 0 Å². The molecule has 0 saturated heterocycles. The summed E-state index contributed by atoms with van der Waals surface area (Å²) in [6.45, 7) is -1.86. The molecule has 8 heteroatoms. The predicted octanol–water partition coefficient (Wildman–Crippen LogP) is 2.44. The van der Waals surface area contributed by atoms with Crippen LogP contribution in [0.2, 0.25) is 0 Å². The lowest BCUT2D eigenvalue weighted by molar-refractivity contribution is -0.174. The van der Waals surface area contributed by atoms with Crippen molar-refractivity contribution in [2.45, 2.75) is 12.6 Å². The van der Waals surface area contributed by atoms with E-state index >= 15 is 0 Å². The fourth-order valence-electron chi connectivity index (χ4n) is 1.17. The number of phenols is 1. The number of nitrogens with one attached hydrogen (secondary N) is 1. The first-order valence-electron chi connectivity index (χ1n) is 5.21. The Labute approximate surface area is 106 Å². The van der Waals surface area contributed by atoms with E-state index in [0.29, 0.717) is 0 Å². The van der Waals surface area contributed by atoms with E-state index in [1.165, 1.54) is 6.07 Å². The van der Waals surface area contributed by atoms with Gasteiger partial charge in [-0.25, -0.2) is 4.39 Å². The summed E-state index contributed by atoms with van der Waals surface area (Å²) in [5.41, 5.74) is -0.168. The number of rotatable bonds is 5. The van der Waals surface area contributed by atoms with E-state index in [1.54, 1.807) is 0 Å². The van der Waals surface area contributed by atoms with Crippen LogP contribution in [0.25, 0.3) is 0 Å². The molecule has 0 atom stereocenters. The molecule has 2 N–H and O–H groups in total. The number of benzene rings is 1. The minimum absolute atomic E-state index is 0.168. The third-order valence-corrected chi connectivity index (χ3v) is 1.97. The average molecular weight is 281 g/mol. The molecule has 0 aliphatic carbocycles. The van der Waals surface area contributed by atoms with Crippen LogP contribution in [0, 0.1) is 5.82 Å². The third-order valence-electron chi connectivity index (χ3n) is 1.97. The molecule has 1 rings (SSSR count). The summed E-state index contributed by atoms with van der Waals surface area (Å²) in [7, 11) is 0. The van der Waals surface area contributed by atoms with Crippen LogP contribution in [0.4, 0.5) is 23.2 Å². The molecule has 0 bridgehead atoms. The molecule has 1 aromatic rings. The molecule has 4 nitrogen and oxygen atoms in total. The van der Waals surface area contributed by atoms with Gasteiger partial charge >= 0.3 is 6.18 Å². The normalized spacial score (nSPS) is 11.4. The van der Waals surface area contributed by atoms with Crippen LogP contribution < -0.4 is 5.32 Å². The molecular formula is C11H11F4NO3. The SMILES string of the molecule is O=C(CCOCC(F)(F)F)Nc1ccc(O)cc1F. The van der Waals surface area contributed by atoms with Crippen molar-refractivity contribution >= 4 is 11.6 Å². The molecule has 0 aliphatic rings. The largest absolute Gasteiger partial charge is 0.508 e. The van der Waals surface area contributed by atoms with Gasteiger partial charge in [-0.15, -0.1) is 0 Å². The highest BCUT2D eigenvalue weighted by Crippen LogP contribution is 2.19. The molecule has 19 heavy (non-hydrogen) atoms. The van der Waals surface area contributed by atoms with Crippen LogP contribution >= 0.6 is 0 Å². The summed E-state index contributed by atoms with van der Waals surface area (Å²) < 4.78 is 52.6. The second-order valence-corrected chi connectivity index (χ2v) is 3.63. The summed E-state index contributed by atoms with van der Waals surface area (Å²) >= 11 is 0. The Bertz CT molecular complexity index is 448. The summed E-state index contributed by atoms with van der Waals surface area (Å²) in [4.78, 5) is 11.3. The van der Waals surface area contributed by atoms with Crippen molar-refractivity contribution in [1.29, 1.82) is 0 Å². The van der Waals surface area contributed by atoms with Crippen molar-refractivity contribution in [1.82, 2.24) is 0 Å². The summed E-state index contributed by atoms with van der Waals surface area (Å²) in [5.74, 6) is -1.83. The number of hydrogen-bond acceptors (Lipinski definition) is 3. The van der Waals surface area contributed by atoms with Crippen molar-refractivity contribution in [2.75, 3.05) is 18.5 Å². The number of carbonyl (C=O) groups excluding carboxylic acids is 1. The minimum atomic E-state index is -4.44. The quantitative estimate of drug-likeness (QED) is 0.495. The van der Waals surface area contributed by atoms with Gasteiger partial charge in [0.2, 0.25) is 5.91 Å². The predicted molar refractivity (Wildman–Crippen MR) is 58.2 cm³/mol. The Balaban J connectivity index is 2.35. The standard InChI is InChI=1S/C11H11F4NO3/c12-8-5-7(17)1-2-9(8)16-10(18)3-4-19-6-11(13,14)15/h1-2,5,17H,3-4,6H2,(H,16,18). The van der Waals surface area contributed by atoms with Gasteiger partial charge in [0.15, 0.2) is 0 Å². The second kappa shape index (κ2) is 6.37. The van der Waals surface area contributed by atoms with Crippen molar-refractivity contribution in [3.8, 4) is 5.75 Å². The first-order valence-corrected chi connectivity index (χ1v) is 5.21. The lowest BCUT2D eigenvalue weighted by Crippen LogP contribution is -2.20. The van der Waals surface area contributed by atoms with E-state index in [-0.39, 0.29) is 17.9 Å². The Morgan fingerprint density at radius 3 is 2.63 bits per heavy atom. The number of carbonyl (C=O) groups is 1. The summed E-state index contributed by atoms with van der Waals surface area (Å²) in [6.07, 6.45) is -4.78. The van der Waals surface area contributed by atoms with Gasteiger partial charge in [-0.2, -0.15) is 13.2 Å². The average Bonchev–Trinajstić information content (AvgIpc) is 2.27. The van der Waals surface area contributed by atoms with Crippen LogP contribution in [0.5, 0.6) is 5.75 Å². The number of phenolic OH excluding ortho intramolecular Hbond substituents is 1. The molecule has 0 unspecified atom stereocenters. The molecule has 1 amide bonds. The smallest absolute Gasteiger partial charge is 0.411 e. The van der Waals surface area contributed by atoms with Gasteiger partial charge in [0, 0.05) is 6.07 Å². The highest BCUT2D eigenvalue weighted by molar-refractivity contribution is 5.90. The van der Waals surface area contributed by atoms with Crippen LogP contribution in [0.1, 0.15) is 6.42 Å². The highest BCUT2D eigenvalue weighted by atomic mass is 19.4. The zero-order chi connectivity index (χ0) is 14.5. The maximum atomic E-state index is 13.2. The first-order chi connectivity index (χ1) is 8.78. The van der Waals surface area contributed by atoms with Gasteiger partial charge in [0.1, 0.15) is 18.2 Å². The first kappa shape index (κ1) is 15.2. The van der Waals surface area contributed by atoms with E-state index in [1.807, 2.05) is 0 Å². The lowest BCUT2D eigenvalue weighted by atomic mass is 10.2. The van der Waals surface area contributed by atoms with Crippen LogP contribution in [0.15, 0.2) is 18.2 Å². The Kier molecular flexibility index (Phi) is 5.11. The van der Waals surface area contributed by atoms with Gasteiger partial charge in [-0.3, -0.25) is 4.79 Å². The Hall–Kier alpha value is -1.83. The fourth-order valence-corrected chi connectivity index (χ4v) is 1.17. The molecule has 0 spiro atoms. The molecule has 0 aliphatic heterocycles. The maximum Gasteiger partial charge on any atom is 0.411 e. The highest BCUT2D eigenvalue weighted by Gasteiger charge is 2.27. The van der Waals surface area contributed by atoms with Crippen molar-refractivity contribution < 1.29 is 32.2 Å². The molecule has 1 aromatic carbocycles. The van der Waals surface area contributed by atoms with Crippen molar-refractivity contribution in [3.05, 3.63) is 24.0 Å². The minimum Gasteiger partial charge on any atom is -0.508 e. The Morgan fingerprint density at radius 1 is 1.37 bits per heavy atom. The number of anilines is 1. The summed E-state index contributed by atoms with van der Waals surface area (Å²) in [5, 5.41) is 11.1. The molecule has 0 saturated carbocycles. The summed E-state index contributed by atoms with van der Waals surface area (Å²) in [6, 6.07) is 3.10. The molecular weight excluding hydrogens is 270 g/mol. The van der Waals surface area contributed by atoms with E-state index in [2.05, 4.69) is 10.1 Å². The number of alkyl halides is 3. The van der Waals surface area contributed by atoms with E-state index in [4.69, 9.17) is 5.11 Å².